The van der Waals surface area contributed by atoms with Gasteiger partial charge in [-0.05, 0) is 76.9 Å². The Morgan fingerprint density at radius 3 is 1.38 bits per heavy atom. The van der Waals surface area contributed by atoms with Crippen LogP contribution in [0, 0.1) is 0 Å². The van der Waals surface area contributed by atoms with Gasteiger partial charge in [-0.25, -0.2) is 15.0 Å². The summed E-state index contributed by atoms with van der Waals surface area (Å²) in [7, 11) is 0. The van der Waals surface area contributed by atoms with Gasteiger partial charge in [0.15, 0.2) is 17.5 Å². The van der Waals surface area contributed by atoms with E-state index in [1.54, 1.807) is 12.4 Å². The minimum Gasteiger partial charge on any atom is -0.308 e. The van der Waals surface area contributed by atoms with Gasteiger partial charge in [-0.15, -0.1) is 0 Å². The van der Waals surface area contributed by atoms with Crippen LogP contribution in [0.1, 0.15) is 0 Å². The smallest absolute Gasteiger partial charge is 0.182 e. The van der Waals surface area contributed by atoms with E-state index in [9.17, 15) is 0 Å². The van der Waals surface area contributed by atoms with Gasteiger partial charge in [-0.3, -0.25) is 9.97 Å². The van der Waals surface area contributed by atoms with Gasteiger partial charge in [0.25, 0.3) is 0 Å². The van der Waals surface area contributed by atoms with Crippen LogP contribution in [0.5, 0.6) is 0 Å². The topological polar surface area (TPSA) is 69.4 Å². The van der Waals surface area contributed by atoms with Crippen molar-refractivity contribution in [1.82, 2.24) is 29.5 Å². The van der Waals surface area contributed by atoms with Crippen LogP contribution in [-0.2, 0) is 0 Å². The van der Waals surface area contributed by atoms with Crippen LogP contribution in [0.4, 0.5) is 0 Å². The molecule has 0 N–H and O–H groups in total. The Labute approximate surface area is 318 Å². The number of aromatic nitrogens is 6. The van der Waals surface area contributed by atoms with Crippen molar-refractivity contribution >= 4 is 21.8 Å². The molecule has 0 aliphatic heterocycles. The van der Waals surface area contributed by atoms with Crippen molar-refractivity contribution < 1.29 is 0 Å². The van der Waals surface area contributed by atoms with Crippen molar-refractivity contribution in [1.29, 1.82) is 0 Å². The normalized spacial score (nSPS) is 11.3. The summed E-state index contributed by atoms with van der Waals surface area (Å²) in [6.07, 6.45) is 3.51. The van der Waals surface area contributed by atoms with E-state index in [0.717, 1.165) is 44.5 Å². The average Bonchev–Trinajstić information content (AvgIpc) is 3.60. The van der Waals surface area contributed by atoms with Crippen molar-refractivity contribution in [2.45, 2.75) is 0 Å². The first-order chi connectivity index (χ1) is 27.3. The molecule has 10 rings (SSSR count). The van der Waals surface area contributed by atoms with Gasteiger partial charge >= 0.3 is 0 Å². The molecule has 6 nitrogen and oxygen atoms in total. The highest BCUT2D eigenvalue weighted by Crippen LogP contribution is 2.44. The molecule has 258 valence electrons. The maximum Gasteiger partial charge on any atom is 0.182 e. The van der Waals surface area contributed by atoms with Crippen LogP contribution in [-0.4, -0.2) is 29.5 Å². The Balaban J connectivity index is 1.30. The van der Waals surface area contributed by atoms with Crippen molar-refractivity contribution in [3.63, 3.8) is 0 Å². The molecule has 0 unspecified atom stereocenters. The molecule has 10 aromatic rings. The van der Waals surface area contributed by atoms with Crippen molar-refractivity contribution in [2.75, 3.05) is 0 Å². The summed E-state index contributed by atoms with van der Waals surface area (Å²) in [5.74, 6) is 1.50. The van der Waals surface area contributed by atoms with E-state index in [1.807, 2.05) is 36.4 Å². The third-order valence-corrected chi connectivity index (χ3v) is 9.96. The molecule has 0 bridgehead atoms. The fourth-order valence-corrected chi connectivity index (χ4v) is 7.43. The van der Waals surface area contributed by atoms with Crippen LogP contribution < -0.4 is 0 Å². The van der Waals surface area contributed by atoms with Gasteiger partial charge in [0.1, 0.15) is 11.4 Å². The van der Waals surface area contributed by atoms with Crippen molar-refractivity contribution in [3.05, 3.63) is 194 Å². The fraction of sp³-hybridized carbons (Fsp3) is 0. The average molecular weight is 705 g/mol. The summed E-state index contributed by atoms with van der Waals surface area (Å²) in [4.78, 5) is 24.2. The lowest BCUT2D eigenvalue weighted by atomic mass is 9.92. The number of rotatable bonds is 7. The van der Waals surface area contributed by atoms with Crippen LogP contribution in [0.3, 0.4) is 0 Å². The van der Waals surface area contributed by atoms with Crippen LogP contribution in [0.15, 0.2) is 194 Å². The second-order valence-corrected chi connectivity index (χ2v) is 13.3. The lowest BCUT2D eigenvalue weighted by Crippen LogP contribution is -2.04. The molecule has 0 atom stereocenters. The second-order valence-electron chi connectivity index (χ2n) is 13.3. The van der Waals surface area contributed by atoms with Gasteiger partial charge in [0, 0.05) is 39.9 Å². The highest BCUT2D eigenvalue weighted by atomic mass is 15.1. The molecule has 4 heterocycles. The monoisotopic (exact) mass is 704 g/mol. The Morgan fingerprint density at radius 1 is 0.327 bits per heavy atom. The van der Waals surface area contributed by atoms with Crippen molar-refractivity contribution in [3.8, 4) is 73.5 Å². The van der Waals surface area contributed by atoms with E-state index in [1.165, 1.54) is 21.9 Å². The van der Waals surface area contributed by atoms with Gasteiger partial charge in [0.2, 0.25) is 0 Å². The number of benzene rings is 6. The zero-order chi connectivity index (χ0) is 36.6. The number of pyridine rings is 2. The molecule has 6 aromatic carbocycles. The zero-order valence-electron chi connectivity index (χ0n) is 29.7. The van der Waals surface area contributed by atoms with Crippen LogP contribution in [0.2, 0.25) is 0 Å². The maximum absolute atomic E-state index is 5.08. The lowest BCUT2D eigenvalue weighted by molar-refractivity contribution is 1.05. The maximum atomic E-state index is 5.08. The number of fused-ring (bicyclic) bond motifs is 3. The first-order valence-electron chi connectivity index (χ1n) is 18.3. The Kier molecular flexibility index (Phi) is 8.04. The van der Waals surface area contributed by atoms with Gasteiger partial charge in [-0.1, -0.05) is 127 Å². The first-order valence-corrected chi connectivity index (χ1v) is 18.3. The highest BCUT2D eigenvalue weighted by Gasteiger charge is 2.23. The third-order valence-electron chi connectivity index (χ3n) is 9.96. The number of hydrogen-bond acceptors (Lipinski definition) is 5. The molecule has 0 aliphatic rings. The minimum absolute atomic E-state index is 0.481. The SMILES string of the molecule is c1ccc(-c2ccc3c(c2)c2ccccc2n3-c2c(-c3ccccc3)cc(-c3nc(-c4ccccn4)nc(-c4ccccn4)n3)cc2-c2ccccc2)cc1. The van der Waals surface area contributed by atoms with Gasteiger partial charge in [-0.2, -0.15) is 0 Å². The van der Waals surface area contributed by atoms with Crippen LogP contribution in [0.25, 0.3) is 95.3 Å². The molecule has 0 saturated carbocycles. The first kappa shape index (κ1) is 32.1. The molecule has 0 radical (unpaired) electrons. The molecule has 0 amide bonds. The van der Waals surface area contributed by atoms with E-state index in [4.69, 9.17) is 15.0 Å². The molecule has 0 fully saturated rings. The third kappa shape index (κ3) is 5.92. The Morgan fingerprint density at radius 2 is 0.818 bits per heavy atom. The van der Waals surface area contributed by atoms with Crippen molar-refractivity contribution in [2.24, 2.45) is 0 Å². The Hall–Kier alpha value is -7.57. The fourth-order valence-electron chi connectivity index (χ4n) is 7.43. The summed E-state index contributed by atoms with van der Waals surface area (Å²) >= 11 is 0. The molecule has 0 spiro atoms. The number of hydrogen-bond donors (Lipinski definition) is 0. The highest BCUT2D eigenvalue weighted by molar-refractivity contribution is 6.12. The summed E-state index contributed by atoms with van der Waals surface area (Å²) in [6.45, 7) is 0. The second kappa shape index (κ2) is 13.8. The Bertz CT molecular complexity index is 2830. The number of nitrogens with zero attached hydrogens (tertiary/aromatic N) is 6. The van der Waals surface area contributed by atoms with E-state index in [2.05, 4.69) is 160 Å². The molecule has 0 aliphatic carbocycles. The van der Waals surface area contributed by atoms with E-state index >= 15 is 0 Å². The molecular weight excluding hydrogens is 673 g/mol. The predicted octanol–water partition coefficient (Wildman–Crippen LogP) is 11.8. The van der Waals surface area contributed by atoms with Crippen LogP contribution >= 0.6 is 0 Å². The van der Waals surface area contributed by atoms with E-state index in [0.29, 0.717) is 28.9 Å². The quantitative estimate of drug-likeness (QED) is 0.165. The molecular formula is C49H32N6. The lowest BCUT2D eigenvalue weighted by Gasteiger charge is -2.21. The van der Waals surface area contributed by atoms with E-state index in [-0.39, 0.29) is 0 Å². The summed E-state index contributed by atoms with van der Waals surface area (Å²) in [5, 5.41) is 2.38. The molecule has 55 heavy (non-hydrogen) atoms. The summed E-state index contributed by atoms with van der Waals surface area (Å²) in [5.41, 5.74) is 12.1. The summed E-state index contributed by atoms with van der Waals surface area (Å²) < 4.78 is 2.43. The standard InChI is InChI=1S/C49H32N6/c1-4-16-33(17-5-1)36-26-27-45-41(30-36)38-22-10-11-25-44(38)55(45)46-39(34-18-6-2-7-19-34)31-37(32-40(46)35-20-8-3-9-21-35)47-52-48(42-23-12-14-28-50-42)54-49(53-47)43-24-13-15-29-51-43/h1-32H. The van der Waals surface area contributed by atoms with Gasteiger partial charge < -0.3 is 4.57 Å². The largest absolute Gasteiger partial charge is 0.308 e. The summed E-state index contributed by atoms with van der Waals surface area (Å²) in [6, 6.07) is 63.2. The molecule has 0 saturated heterocycles. The molecule has 4 aromatic heterocycles. The molecule has 6 heteroatoms. The predicted molar refractivity (Wildman–Crippen MR) is 222 cm³/mol. The van der Waals surface area contributed by atoms with Gasteiger partial charge in [0.05, 0.1) is 16.7 Å². The minimum atomic E-state index is 0.481. The zero-order valence-corrected chi connectivity index (χ0v) is 29.7. The number of para-hydroxylation sites is 1. The van der Waals surface area contributed by atoms with E-state index < -0.39 is 0 Å².